The molecule has 1 aromatic rings. The summed E-state index contributed by atoms with van der Waals surface area (Å²) in [4.78, 5) is 2.68. The Hall–Kier alpha value is -0.870. The zero-order valence-electron chi connectivity index (χ0n) is 13.3. The summed E-state index contributed by atoms with van der Waals surface area (Å²) in [6, 6.07) is 2.77. The highest BCUT2D eigenvalue weighted by Crippen LogP contribution is 2.35. The van der Waals surface area contributed by atoms with E-state index in [9.17, 15) is 0 Å². The summed E-state index contributed by atoms with van der Waals surface area (Å²) in [5, 5.41) is 7.93. The lowest BCUT2D eigenvalue weighted by molar-refractivity contribution is 0.0857. The number of hydrogen-bond acceptors (Lipinski definition) is 3. The Bertz CT molecular complexity index is 370. The monoisotopic (exact) mass is 278 g/mol. The normalized spacial score (nSPS) is 24.1. The van der Waals surface area contributed by atoms with Gasteiger partial charge in [0, 0.05) is 12.7 Å². The summed E-state index contributed by atoms with van der Waals surface area (Å²) in [5.74, 6) is 0.701. The molecule has 0 bridgehead atoms. The van der Waals surface area contributed by atoms with Gasteiger partial charge in [-0.2, -0.15) is 5.10 Å². The average molecular weight is 278 g/mol. The summed E-state index contributed by atoms with van der Waals surface area (Å²) >= 11 is 0. The lowest BCUT2D eigenvalue weighted by atomic mass is 9.86. The summed E-state index contributed by atoms with van der Waals surface area (Å²) in [7, 11) is 2.07. The van der Waals surface area contributed by atoms with Gasteiger partial charge < -0.3 is 5.32 Å². The van der Waals surface area contributed by atoms with Crippen molar-refractivity contribution in [2.45, 2.75) is 52.1 Å². The zero-order chi connectivity index (χ0) is 14.4. The van der Waals surface area contributed by atoms with E-state index in [1.807, 2.05) is 6.20 Å². The molecule has 2 rings (SSSR count). The van der Waals surface area contributed by atoms with Crippen LogP contribution in [0.1, 0.15) is 51.3 Å². The van der Waals surface area contributed by atoms with E-state index in [1.54, 1.807) is 0 Å². The lowest BCUT2D eigenvalue weighted by Gasteiger charge is -2.41. The molecule has 1 fully saturated rings. The first-order valence-corrected chi connectivity index (χ1v) is 8.22. The highest BCUT2D eigenvalue weighted by molar-refractivity contribution is 5.11. The van der Waals surface area contributed by atoms with Crippen molar-refractivity contribution in [2.24, 2.45) is 5.92 Å². The molecule has 0 aliphatic carbocycles. The fraction of sp³-hybridized carbons (Fsp3) is 0.812. The third-order valence-electron chi connectivity index (χ3n) is 4.33. The minimum atomic E-state index is 0.533. The van der Waals surface area contributed by atoms with Gasteiger partial charge in [-0.15, -0.1) is 0 Å². The van der Waals surface area contributed by atoms with Crippen LogP contribution in [0.15, 0.2) is 12.3 Å². The van der Waals surface area contributed by atoms with Gasteiger partial charge in [0.15, 0.2) is 0 Å². The van der Waals surface area contributed by atoms with E-state index >= 15 is 0 Å². The van der Waals surface area contributed by atoms with E-state index in [4.69, 9.17) is 0 Å². The summed E-state index contributed by atoms with van der Waals surface area (Å²) < 4.78 is 2.22. The molecule has 2 heterocycles. The largest absolute Gasteiger partial charge is 0.319 e. The topological polar surface area (TPSA) is 33.1 Å². The number of nitrogens with zero attached hydrogens (tertiary/aromatic N) is 3. The predicted octanol–water partition coefficient (Wildman–Crippen LogP) is 2.68. The number of likely N-dealkylation sites (tertiary alicyclic amines) is 1. The number of rotatable bonds is 7. The quantitative estimate of drug-likeness (QED) is 0.832. The number of hydrogen-bond donors (Lipinski definition) is 1. The maximum Gasteiger partial charge on any atom is 0.0559 e. The van der Waals surface area contributed by atoms with Gasteiger partial charge in [0.2, 0.25) is 0 Å². The molecule has 0 amide bonds. The van der Waals surface area contributed by atoms with E-state index in [1.165, 1.54) is 38.0 Å². The van der Waals surface area contributed by atoms with Gasteiger partial charge in [-0.25, -0.2) is 0 Å². The lowest BCUT2D eigenvalue weighted by Crippen LogP contribution is -2.43. The van der Waals surface area contributed by atoms with Gasteiger partial charge >= 0.3 is 0 Å². The van der Waals surface area contributed by atoms with Crippen LogP contribution >= 0.6 is 0 Å². The molecular weight excluding hydrogens is 248 g/mol. The Morgan fingerprint density at radius 3 is 2.80 bits per heavy atom. The molecule has 0 aromatic carbocycles. The van der Waals surface area contributed by atoms with Gasteiger partial charge in [-0.1, -0.05) is 13.8 Å². The highest BCUT2D eigenvalue weighted by Gasteiger charge is 2.33. The van der Waals surface area contributed by atoms with E-state index in [0.717, 1.165) is 19.5 Å². The van der Waals surface area contributed by atoms with Crippen molar-refractivity contribution in [3.8, 4) is 0 Å². The third kappa shape index (κ3) is 3.41. The molecule has 2 atom stereocenters. The van der Waals surface area contributed by atoms with Gasteiger partial charge in [-0.3, -0.25) is 9.58 Å². The van der Waals surface area contributed by atoms with E-state index in [2.05, 4.69) is 47.0 Å². The minimum Gasteiger partial charge on any atom is -0.319 e. The molecular formula is C16H30N4. The molecule has 20 heavy (non-hydrogen) atoms. The highest BCUT2D eigenvalue weighted by atomic mass is 15.3. The summed E-state index contributed by atoms with van der Waals surface area (Å²) in [6.45, 7) is 9.06. The van der Waals surface area contributed by atoms with Crippen LogP contribution in [0.5, 0.6) is 0 Å². The molecule has 1 aliphatic rings. The van der Waals surface area contributed by atoms with E-state index in [0.29, 0.717) is 12.0 Å². The van der Waals surface area contributed by atoms with Crippen molar-refractivity contribution in [2.75, 3.05) is 26.7 Å². The molecule has 1 saturated heterocycles. The van der Waals surface area contributed by atoms with Crippen LogP contribution in [0, 0.1) is 5.92 Å². The summed E-state index contributed by atoms with van der Waals surface area (Å²) in [5.41, 5.74) is 1.42. The second-order valence-corrected chi connectivity index (χ2v) is 5.92. The van der Waals surface area contributed by atoms with Crippen molar-refractivity contribution in [1.82, 2.24) is 20.0 Å². The fourth-order valence-corrected chi connectivity index (χ4v) is 3.59. The van der Waals surface area contributed by atoms with Crippen molar-refractivity contribution >= 4 is 0 Å². The van der Waals surface area contributed by atoms with E-state index in [-0.39, 0.29) is 0 Å². The van der Waals surface area contributed by atoms with Gasteiger partial charge in [-0.05, 0) is 64.3 Å². The Kier molecular flexibility index (Phi) is 6.05. The molecule has 4 nitrogen and oxygen atoms in total. The van der Waals surface area contributed by atoms with Crippen LogP contribution in [0.3, 0.4) is 0 Å². The smallest absolute Gasteiger partial charge is 0.0559 e. The summed E-state index contributed by atoms with van der Waals surface area (Å²) in [6.07, 6.45) is 6.99. The Labute approximate surface area is 123 Å². The maximum atomic E-state index is 4.54. The van der Waals surface area contributed by atoms with Crippen LogP contribution in [0.2, 0.25) is 0 Å². The molecule has 4 heteroatoms. The predicted molar refractivity (Wildman–Crippen MR) is 83.8 cm³/mol. The SMILES string of the molecule is CCCN1CCCC(CNC)C1c1ccnn1CCC. The van der Waals surface area contributed by atoms with Crippen LogP contribution < -0.4 is 5.32 Å². The number of aryl methyl sites for hydroxylation is 1. The molecule has 114 valence electrons. The van der Waals surface area contributed by atoms with Gasteiger partial charge in [0.1, 0.15) is 0 Å². The molecule has 1 N–H and O–H groups in total. The van der Waals surface area contributed by atoms with Crippen LogP contribution in [0.4, 0.5) is 0 Å². The maximum absolute atomic E-state index is 4.54. The Balaban J connectivity index is 2.25. The first kappa shape index (κ1) is 15.5. The van der Waals surface area contributed by atoms with Gasteiger partial charge in [0.05, 0.1) is 11.7 Å². The number of aromatic nitrogens is 2. The molecule has 0 saturated carbocycles. The minimum absolute atomic E-state index is 0.533. The van der Waals surface area contributed by atoms with E-state index < -0.39 is 0 Å². The van der Waals surface area contributed by atoms with Crippen molar-refractivity contribution < 1.29 is 0 Å². The molecule has 1 aromatic heterocycles. The fourth-order valence-electron chi connectivity index (χ4n) is 3.59. The van der Waals surface area contributed by atoms with Gasteiger partial charge in [0.25, 0.3) is 0 Å². The first-order chi connectivity index (χ1) is 9.81. The molecule has 2 unspecified atom stereocenters. The first-order valence-electron chi connectivity index (χ1n) is 8.22. The number of piperidine rings is 1. The third-order valence-corrected chi connectivity index (χ3v) is 4.33. The van der Waals surface area contributed by atoms with Crippen LogP contribution in [-0.4, -0.2) is 41.4 Å². The number of nitrogens with one attached hydrogen (secondary N) is 1. The van der Waals surface area contributed by atoms with Crippen LogP contribution in [0.25, 0.3) is 0 Å². The second-order valence-electron chi connectivity index (χ2n) is 5.92. The molecule has 0 radical (unpaired) electrons. The molecule has 1 aliphatic heterocycles. The Morgan fingerprint density at radius 1 is 1.30 bits per heavy atom. The van der Waals surface area contributed by atoms with Crippen molar-refractivity contribution in [3.63, 3.8) is 0 Å². The zero-order valence-corrected chi connectivity index (χ0v) is 13.3. The average Bonchev–Trinajstić information content (AvgIpc) is 2.88. The van der Waals surface area contributed by atoms with Crippen molar-refractivity contribution in [3.05, 3.63) is 18.0 Å². The Morgan fingerprint density at radius 2 is 2.10 bits per heavy atom. The van der Waals surface area contributed by atoms with Crippen molar-refractivity contribution in [1.29, 1.82) is 0 Å². The van der Waals surface area contributed by atoms with Crippen LogP contribution in [-0.2, 0) is 6.54 Å². The standard InChI is InChI=1S/C16H30N4/c1-4-10-19-12-6-7-14(13-17-3)16(19)15-8-9-18-20(15)11-5-2/h8-9,14,16-17H,4-7,10-13H2,1-3H3. The second kappa shape index (κ2) is 7.79. The molecule has 0 spiro atoms.